The summed E-state index contributed by atoms with van der Waals surface area (Å²) in [5.74, 6) is -0.338. The van der Waals surface area contributed by atoms with Crippen molar-refractivity contribution in [3.63, 3.8) is 0 Å². The van der Waals surface area contributed by atoms with Crippen LogP contribution in [0.25, 0.3) is 0 Å². The number of hydrogen-bond acceptors (Lipinski definition) is 5. The van der Waals surface area contributed by atoms with Crippen molar-refractivity contribution in [3.05, 3.63) is 29.8 Å². The van der Waals surface area contributed by atoms with E-state index in [1.807, 2.05) is 12.1 Å². The number of carbonyl (C=O) groups excluding carboxylic acids is 1. The molecule has 0 aliphatic heterocycles. The minimum absolute atomic E-state index is 0.267. The maximum atomic E-state index is 11.6. The first-order valence-corrected chi connectivity index (χ1v) is 5.77. The fraction of sp³-hybridized carbons (Fsp3) is 0.462. The molecule has 18 heavy (non-hydrogen) atoms. The van der Waals surface area contributed by atoms with E-state index in [1.54, 1.807) is 26.4 Å². The fourth-order valence-corrected chi connectivity index (χ4v) is 1.32. The zero-order valence-corrected chi connectivity index (χ0v) is 10.8. The summed E-state index contributed by atoms with van der Waals surface area (Å²) >= 11 is 0. The Morgan fingerprint density at radius 2 is 1.72 bits per heavy atom. The molecule has 0 atom stereocenters. The number of anilines is 1. The molecule has 0 spiro atoms. The minimum atomic E-state index is -0.338. The number of rotatable bonds is 8. The first-order valence-electron chi connectivity index (χ1n) is 5.77. The molecule has 0 aromatic heterocycles. The van der Waals surface area contributed by atoms with E-state index in [4.69, 9.17) is 14.2 Å². The Morgan fingerprint density at radius 1 is 1.06 bits per heavy atom. The minimum Gasteiger partial charge on any atom is -0.460 e. The summed E-state index contributed by atoms with van der Waals surface area (Å²) in [7, 11) is 3.22. The molecule has 1 aromatic carbocycles. The van der Waals surface area contributed by atoms with Gasteiger partial charge in [-0.25, -0.2) is 4.79 Å². The largest absolute Gasteiger partial charge is 0.460 e. The van der Waals surface area contributed by atoms with Crippen molar-refractivity contribution in [3.8, 4) is 0 Å². The molecule has 1 rings (SSSR count). The number of methoxy groups -OCH3 is 2. The van der Waals surface area contributed by atoms with Crippen LogP contribution in [0.4, 0.5) is 5.69 Å². The summed E-state index contributed by atoms with van der Waals surface area (Å²) in [4.78, 5) is 11.6. The summed E-state index contributed by atoms with van der Waals surface area (Å²) in [6.07, 6.45) is 0. The van der Waals surface area contributed by atoms with Crippen molar-refractivity contribution in [2.75, 3.05) is 45.9 Å². The summed E-state index contributed by atoms with van der Waals surface area (Å²) in [6, 6.07) is 7.12. The monoisotopic (exact) mass is 253 g/mol. The van der Waals surface area contributed by atoms with Crippen molar-refractivity contribution in [2.45, 2.75) is 0 Å². The van der Waals surface area contributed by atoms with E-state index in [-0.39, 0.29) is 12.6 Å². The number of carbonyl (C=O) groups is 1. The van der Waals surface area contributed by atoms with Crippen LogP contribution in [0.1, 0.15) is 10.4 Å². The van der Waals surface area contributed by atoms with Gasteiger partial charge in [0.15, 0.2) is 0 Å². The lowest BCUT2D eigenvalue weighted by Crippen LogP contribution is -2.10. The summed E-state index contributed by atoms with van der Waals surface area (Å²) in [5, 5.41) is 3.17. The van der Waals surface area contributed by atoms with Crippen molar-refractivity contribution >= 4 is 11.7 Å². The molecular formula is C13H19NO4. The maximum absolute atomic E-state index is 11.6. The number of hydrogen-bond donors (Lipinski definition) is 1. The van der Waals surface area contributed by atoms with Crippen LogP contribution in [-0.4, -0.2) is 46.6 Å². The third-order valence-corrected chi connectivity index (χ3v) is 2.28. The highest BCUT2D eigenvalue weighted by molar-refractivity contribution is 5.89. The molecule has 100 valence electrons. The topological polar surface area (TPSA) is 56.8 Å². The summed E-state index contributed by atoms with van der Waals surface area (Å²) < 4.78 is 14.7. The van der Waals surface area contributed by atoms with Gasteiger partial charge in [-0.1, -0.05) is 0 Å². The molecule has 0 saturated carbocycles. The highest BCUT2D eigenvalue weighted by Gasteiger charge is 2.06. The van der Waals surface area contributed by atoms with Gasteiger partial charge in [0.2, 0.25) is 0 Å². The van der Waals surface area contributed by atoms with E-state index < -0.39 is 0 Å². The molecule has 0 radical (unpaired) electrons. The Kier molecular flexibility index (Phi) is 6.83. The predicted molar refractivity (Wildman–Crippen MR) is 69.0 cm³/mol. The van der Waals surface area contributed by atoms with Crippen LogP contribution < -0.4 is 5.32 Å². The van der Waals surface area contributed by atoms with Gasteiger partial charge in [-0.2, -0.15) is 0 Å². The van der Waals surface area contributed by atoms with Crippen LogP contribution in [0.5, 0.6) is 0 Å². The molecule has 5 nitrogen and oxygen atoms in total. The third kappa shape index (κ3) is 5.16. The molecule has 5 heteroatoms. The number of benzene rings is 1. The normalized spacial score (nSPS) is 10.1. The van der Waals surface area contributed by atoms with Crippen molar-refractivity contribution in [1.29, 1.82) is 0 Å². The molecule has 0 amide bonds. The fourth-order valence-electron chi connectivity index (χ4n) is 1.32. The quantitative estimate of drug-likeness (QED) is 0.562. The molecule has 0 aliphatic carbocycles. The second kappa shape index (κ2) is 8.49. The average molecular weight is 253 g/mol. The van der Waals surface area contributed by atoms with E-state index in [2.05, 4.69) is 5.32 Å². The Labute approximate surface area is 107 Å². The Bertz CT molecular complexity index is 351. The highest BCUT2D eigenvalue weighted by Crippen LogP contribution is 2.10. The second-order valence-electron chi connectivity index (χ2n) is 3.63. The number of nitrogens with one attached hydrogen (secondary N) is 1. The van der Waals surface area contributed by atoms with Crippen LogP contribution in [-0.2, 0) is 14.2 Å². The highest BCUT2D eigenvalue weighted by atomic mass is 16.6. The molecule has 0 bridgehead atoms. The molecule has 0 saturated heterocycles. The zero-order valence-electron chi connectivity index (χ0n) is 10.8. The summed E-state index contributed by atoms with van der Waals surface area (Å²) in [5.41, 5.74) is 1.48. The van der Waals surface area contributed by atoms with Crippen LogP contribution in [0.2, 0.25) is 0 Å². The van der Waals surface area contributed by atoms with Crippen LogP contribution >= 0.6 is 0 Å². The smallest absolute Gasteiger partial charge is 0.338 e. The third-order valence-electron chi connectivity index (χ3n) is 2.28. The van der Waals surface area contributed by atoms with Gasteiger partial charge < -0.3 is 19.5 Å². The van der Waals surface area contributed by atoms with Gasteiger partial charge in [-0.15, -0.1) is 0 Å². The first kappa shape index (κ1) is 14.5. The molecule has 0 fully saturated rings. The molecule has 0 heterocycles. The summed E-state index contributed by atoms with van der Waals surface area (Å²) in [6.45, 7) is 2.04. The van der Waals surface area contributed by atoms with E-state index in [1.165, 1.54) is 0 Å². The van der Waals surface area contributed by atoms with Crippen LogP contribution in [0.3, 0.4) is 0 Å². The number of esters is 1. The van der Waals surface area contributed by atoms with Crippen molar-refractivity contribution < 1.29 is 19.0 Å². The van der Waals surface area contributed by atoms with Gasteiger partial charge in [-0.3, -0.25) is 0 Å². The Balaban J connectivity index is 2.41. The van der Waals surface area contributed by atoms with Gasteiger partial charge in [0.05, 0.1) is 18.8 Å². The van der Waals surface area contributed by atoms with Crippen molar-refractivity contribution in [1.82, 2.24) is 0 Å². The van der Waals surface area contributed by atoms with Crippen LogP contribution in [0, 0.1) is 0 Å². The Morgan fingerprint density at radius 3 is 2.33 bits per heavy atom. The SMILES string of the molecule is COCCNc1ccc(C(=O)OCCOC)cc1. The van der Waals surface area contributed by atoms with E-state index >= 15 is 0 Å². The van der Waals surface area contributed by atoms with Gasteiger partial charge in [0.25, 0.3) is 0 Å². The van der Waals surface area contributed by atoms with Gasteiger partial charge in [0, 0.05) is 26.5 Å². The predicted octanol–water partition coefficient (Wildman–Crippen LogP) is 1.55. The van der Waals surface area contributed by atoms with E-state index in [0.717, 1.165) is 12.2 Å². The molecule has 0 aliphatic rings. The van der Waals surface area contributed by atoms with Crippen LogP contribution in [0.15, 0.2) is 24.3 Å². The Hall–Kier alpha value is -1.59. The van der Waals surface area contributed by atoms with E-state index in [9.17, 15) is 4.79 Å². The first-order chi connectivity index (χ1) is 8.77. The average Bonchev–Trinajstić information content (AvgIpc) is 2.40. The van der Waals surface area contributed by atoms with Gasteiger partial charge >= 0.3 is 5.97 Å². The number of ether oxygens (including phenoxy) is 3. The molecule has 1 aromatic rings. The van der Waals surface area contributed by atoms with Crippen molar-refractivity contribution in [2.24, 2.45) is 0 Å². The standard InChI is InChI=1S/C13H19NO4/c1-16-8-7-14-12-5-3-11(4-6-12)13(15)18-10-9-17-2/h3-6,14H,7-10H2,1-2H3. The lowest BCUT2D eigenvalue weighted by atomic mass is 10.2. The molecule has 1 N–H and O–H groups in total. The zero-order chi connectivity index (χ0) is 13.2. The molecular weight excluding hydrogens is 234 g/mol. The van der Waals surface area contributed by atoms with Gasteiger partial charge in [-0.05, 0) is 24.3 Å². The lowest BCUT2D eigenvalue weighted by Gasteiger charge is -2.07. The maximum Gasteiger partial charge on any atom is 0.338 e. The van der Waals surface area contributed by atoms with Gasteiger partial charge in [0.1, 0.15) is 6.61 Å². The lowest BCUT2D eigenvalue weighted by molar-refractivity contribution is 0.0388. The molecule has 0 unspecified atom stereocenters. The second-order valence-corrected chi connectivity index (χ2v) is 3.63. The van der Waals surface area contributed by atoms with E-state index in [0.29, 0.717) is 18.8 Å².